The zero-order chi connectivity index (χ0) is 29.0. The number of esters is 1. The number of likely N-dealkylation sites (N-methyl/N-ethyl adjacent to an activating group) is 1. The van der Waals surface area contributed by atoms with Gasteiger partial charge in [0, 0.05) is 32.7 Å². The fourth-order valence-electron chi connectivity index (χ4n) is 5.51. The minimum Gasteiger partial charge on any atom is -0.467 e. The number of sulfonamides is 1. The number of methoxy groups -OCH3 is 1. The van der Waals surface area contributed by atoms with Gasteiger partial charge in [-0.15, -0.1) is 24.8 Å². The summed E-state index contributed by atoms with van der Waals surface area (Å²) in [6, 6.07) is 3.16. The van der Waals surface area contributed by atoms with Crippen LogP contribution in [-0.2, 0) is 37.2 Å². The highest BCUT2D eigenvalue weighted by molar-refractivity contribution is 7.89. The monoisotopic (exact) mass is 644 g/mol. The number of hydrogen-bond acceptors (Lipinski definition) is 7. The summed E-state index contributed by atoms with van der Waals surface area (Å²) in [5, 5.41) is 7.81. The van der Waals surface area contributed by atoms with Crippen LogP contribution >= 0.6 is 24.8 Å². The number of carbonyl (C=O) groups excluding carboxylic acids is 2. The number of halogens is 2. The molecule has 3 aliphatic heterocycles. The first kappa shape index (κ1) is 35.6. The van der Waals surface area contributed by atoms with E-state index in [0.29, 0.717) is 25.9 Å². The molecular formula is C28H42Cl2N6O5S. The summed E-state index contributed by atoms with van der Waals surface area (Å²) in [5.74, 6) is -1.12. The number of carbonyl (C=O) groups is 2. The minimum atomic E-state index is -4.09. The van der Waals surface area contributed by atoms with Crippen molar-refractivity contribution in [3.8, 4) is 0 Å². The van der Waals surface area contributed by atoms with Crippen LogP contribution in [0.4, 0.5) is 0 Å². The molecular weight excluding hydrogens is 603 g/mol. The molecule has 1 aromatic rings. The molecule has 0 fully saturated rings. The van der Waals surface area contributed by atoms with Crippen molar-refractivity contribution in [1.82, 2.24) is 19.4 Å². The highest BCUT2D eigenvalue weighted by Gasteiger charge is 2.38. The van der Waals surface area contributed by atoms with E-state index >= 15 is 0 Å². The number of nitrogens with zero attached hydrogens (tertiary/aromatic N) is 3. The summed E-state index contributed by atoms with van der Waals surface area (Å²) in [5.41, 5.74) is 9.58. The Hall–Kier alpha value is -2.64. The third-order valence-electron chi connectivity index (χ3n) is 7.93. The molecule has 11 nitrogen and oxygen atoms in total. The quantitative estimate of drug-likeness (QED) is 0.176. The predicted octanol–water partition coefficient (Wildman–Crippen LogP) is 1.84. The molecule has 4 N–H and O–H groups in total. The highest BCUT2D eigenvalue weighted by Crippen LogP contribution is 2.25. The summed E-state index contributed by atoms with van der Waals surface area (Å²) in [7, 11) is -0.762. The number of nitrogens with two attached hydrogens (primary N) is 1. The highest BCUT2D eigenvalue weighted by atomic mass is 35.5. The van der Waals surface area contributed by atoms with E-state index in [-0.39, 0.29) is 48.6 Å². The first-order chi connectivity index (χ1) is 19.0. The Bertz CT molecular complexity index is 1340. The summed E-state index contributed by atoms with van der Waals surface area (Å²) in [6.07, 6.45) is 6.44. The van der Waals surface area contributed by atoms with Gasteiger partial charge in [-0.1, -0.05) is 29.4 Å². The zero-order valence-corrected chi connectivity index (χ0v) is 26.7. The molecule has 234 valence electrons. The van der Waals surface area contributed by atoms with Crippen molar-refractivity contribution in [2.24, 2.45) is 5.73 Å². The lowest BCUT2D eigenvalue weighted by molar-refractivity contribution is -0.153. The van der Waals surface area contributed by atoms with Gasteiger partial charge in [0.1, 0.15) is 12.1 Å². The van der Waals surface area contributed by atoms with Crippen molar-refractivity contribution in [1.29, 1.82) is 5.41 Å². The summed E-state index contributed by atoms with van der Waals surface area (Å²) >= 11 is 0. The molecule has 1 amide bonds. The molecule has 4 rings (SSSR count). The van der Waals surface area contributed by atoms with Crippen molar-refractivity contribution in [2.45, 2.75) is 56.0 Å². The van der Waals surface area contributed by atoms with E-state index in [1.807, 2.05) is 32.2 Å². The Balaban J connectivity index is 0.00000308. The predicted molar refractivity (Wildman–Crippen MR) is 167 cm³/mol. The van der Waals surface area contributed by atoms with Gasteiger partial charge in [-0.25, -0.2) is 13.2 Å². The van der Waals surface area contributed by atoms with Gasteiger partial charge in [0.15, 0.2) is 5.96 Å². The number of ether oxygens (including phenoxy) is 1. The number of amides is 1. The van der Waals surface area contributed by atoms with Crippen LogP contribution in [0.2, 0.25) is 0 Å². The number of nitrogens with one attached hydrogen (secondary N) is 2. The minimum absolute atomic E-state index is 0. The number of benzene rings is 1. The van der Waals surface area contributed by atoms with Crippen LogP contribution in [0.15, 0.2) is 46.4 Å². The molecule has 0 bridgehead atoms. The Labute approximate surface area is 260 Å². The maximum atomic E-state index is 14.0. The largest absolute Gasteiger partial charge is 0.467 e. The molecule has 3 heterocycles. The van der Waals surface area contributed by atoms with Crippen molar-refractivity contribution in [3.63, 3.8) is 0 Å². The van der Waals surface area contributed by atoms with E-state index in [1.165, 1.54) is 12.0 Å². The zero-order valence-electron chi connectivity index (χ0n) is 24.3. The first-order valence-corrected chi connectivity index (χ1v) is 15.1. The average molecular weight is 646 g/mol. The molecule has 3 aliphatic rings. The fourth-order valence-corrected chi connectivity index (χ4v) is 6.75. The van der Waals surface area contributed by atoms with Gasteiger partial charge in [0.25, 0.3) is 0 Å². The summed E-state index contributed by atoms with van der Waals surface area (Å²) in [4.78, 5) is 32.0. The number of hydrogen-bond donors (Lipinski definition) is 3. The number of guanidine groups is 1. The SMILES string of the molecule is COC(=O)[C@H]1CC(C)=CCN1C(=O)[C@H](CC1=CCCN(C(=N)N)C1)NS(=O)(=O)c1ccc2c(c1)CCN(C)CC2.Cl.Cl. The van der Waals surface area contributed by atoms with Crippen LogP contribution in [0.25, 0.3) is 0 Å². The average Bonchev–Trinajstić information content (AvgIpc) is 3.12. The van der Waals surface area contributed by atoms with Gasteiger partial charge in [0.05, 0.1) is 12.0 Å². The standard InChI is InChI=1S/C28H40N6O5S.2ClH/c1-19-8-14-34(25(15-19)27(36)39-3)26(35)24(16-20-5-4-11-33(18-20)28(29)30)31-40(37,38)23-7-6-21-9-12-32(2)13-10-22(21)17-23;;/h5-8,17,24-25,31H,4,9-16,18H2,1-3H3,(H3,29,30);2*1H/t24-,25+;;/m0../s1. The molecule has 0 saturated heterocycles. The molecule has 0 saturated carbocycles. The molecule has 1 aromatic carbocycles. The lowest BCUT2D eigenvalue weighted by Crippen LogP contribution is -2.55. The van der Waals surface area contributed by atoms with Gasteiger partial charge in [-0.3, -0.25) is 10.2 Å². The Morgan fingerprint density at radius 1 is 1.14 bits per heavy atom. The van der Waals surface area contributed by atoms with Gasteiger partial charge in [0.2, 0.25) is 15.9 Å². The fraction of sp³-hybridized carbons (Fsp3) is 0.536. The van der Waals surface area contributed by atoms with E-state index in [9.17, 15) is 18.0 Å². The van der Waals surface area contributed by atoms with Gasteiger partial charge in [-0.05, 0) is 69.3 Å². The van der Waals surface area contributed by atoms with Crippen LogP contribution in [0.3, 0.4) is 0 Å². The van der Waals surface area contributed by atoms with Crippen LogP contribution in [0.5, 0.6) is 0 Å². The lowest BCUT2D eigenvalue weighted by atomic mass is 9.97. The van der Waals surface area contributed by atoms with E-state index in [0.717, 1.165) is 48.2 Å². The number of fused-ring (bicyclic) bond motifs is 1. The smallest absolute Gasteiger partial charge is 0.328 e. The molecule has 14 heteroatoms. The van der Waals surface area contributed by atoms with Gasteiger partial charge >= 0.3 is 5.97 Å². The summed E-state index contributed by atoms with van der Waals surface area (Å²) in [6.45, 7) is 4.71. The van der Waals surface area contributed by atoms with Crippen molar-refractivity contribution >= 4 is 52.7 Å². The molecule has 0 aromatic heterocycles. The van der Waals surface area contributed by atoms with Gasteiger partial charge < -0.3 is 25.2 Å². The molecule has 2 atom stereocenters. The first-order valence-electron chi connectivity index (χ1n) is 13.6. The normalized spacial score (nSPS) is 20.0. The Morgan fingerprint density at radius 2 is 1.83 bits per heavy atom. The van der Waals surface area contributed by atoms with E-state index in [1.54, 1.807) is 17.0 Å². The van der Waals surface area contributed by atoms with E-state index < -0.39 is 34.0 Å². The molecule has 0 unspecified atom stereocenters. The second kappa shape index (κ2) is 15.2. The van der Waals surface area contributed by atoms with Crippen LogP contribution in [-0.4, -0.2) is 99.9 Å². The third-order valence-corrected chi connectivity index (χ3v) is 9.40. The maximum Gasteiger partial charge on any atom is 0.328 e. The molecule has 0 aliphatic carbocycles. The third kappa shape index (κ3) is 8.47. The lowest BCUT2D eigenvalue weighted by Gasteiger charge is -2.36. The number of rotatable bonds is 7. The van der Waals surface area contributed by atoms with Crippen LogP contribution < -0.4 is 10.5 Å². The second-order valence-corrected chi connectivity index (χ2v) is 12.6. The Kier molecular flexibility index (Phi) is 12.9. The van der Waals surface area contributed by atoms with Crippen molar-refractivity contribution < 1.29 is 22.7 Å². The van der Waals surface area contributed by atoms with Crippen LogP contribution in [0, 0.1) is 5.41 Å². The molecule has 0 spiro atoms. The maximum absolute atomic E-state index is 14.0. The second-order valence-electron chi connectivity index (χ2n) is 10.9. The van der Waals surface area contributed by atoms with E-state index in [2.05, 4.69) is 9.62 Å². The van der Waals surface area contributed by atoms with E-state index in [4.69, 9.17) is 15.9 Å². The molecule has 42 heavy (non-hydrogen) atoms. The molecule has 0 radical (unpaired) electrons. The Morgan fingerprint density at radius 3 is 2.50 bits per heavy atom. The summed E-state index contributed by atoms with van der Waals surface area (Å²) < 4.78 is 35.1. The van der Waals surface area contributed by atoms with Crippen LogP contribution in [0.1, 0.15) is 37.3 Å². The topological polar surface area (TPSA) is 149 Å². The van der Waals surface area contributed by atoms with Gasteiger partial charge in [-0.2, -0.15) is 4.72 Å². The van der Waals surface area contributed by atoms with Crippen molar-refractivity contribution in [3.05, 3.63) is 52.6 Å². The van der Waals surface area contributed by atoms with Crippen molar-refractivity contribution in [2.75, 3.05) is 46.9 Å².